The van der Waals surface area contributed by atoms with Gasteiger partial charge in [-0.15, -0.1) is 0 Å². The zero-order valence-electron chi connectivity index (χ0n) is 9.23. The Bertz CT molecular complexity index is 522. The van der Waals surface area contributed by atoms with Gasteiger partial charge in [0, 0.05) is 0 Å². The number of hydrogen-bond acceptors (Lipinski definition) is 8. The Morgan fingerprint density at radius 1 is 1.06 bits per heavy atom. The van der Waals surface area contributed by atoms with Crippen molar-refractivity contribution in [1.82, 2.24) is 0 Å². The van der Waals surface area contributed by atoms with Crippen molar-refractivity contribution in [2.45, 2.75) is 19.8 Å². The van der Waals surface area contributed by atoms with Crippen LogP contribution in [0.2, 0.25) is 0 Å². The Kier molecular flexibility index (Phi) is 5.66. The van der Waals surface area contributed by atoms with Crippen LogP contribution in [0.1, 0.15) is 19.8 Å². The lowest BCUT2D eigenvalue weighted by atomic mass is 10.0. The first-order chi connectivity index (χ1) is 7.94. The zero-order valence-corrected chi connectivity index (χ0v) is 10.9. The Balaban J connectivity index is 4.62. The molecule has 0 rings (SSSR count). The van der Waals surface area contributed by atoms with Crippen LogP contribution in [0.3, 0.4) is 0 Å². The molecule has 0 aromatic rings. The van der Waals surface area contributed by atoms with Gasteiger partial charge in [-0.05, 0) is 6.42 Å². The van der Waals surface area contributed by atoms with Crippen LogP contribution in [-0.4, -0.2) is 28.8 Å². The topological polar surface area (TPSA) is 173 Å². The van der Waals surface area contributed by atoms with Crippen LogP contribution < -0.4 is 10.3 Å². The van der Waals surface area contributed by atoms with Crippen LogP contribution in [0, 0.1) is 5.92 Å². The molecule has 0 aromatic heterocycles. The number of rotatable bonds is 6. The third kappa shape index (κ3) is 7.94. The van der Waals surface area contributed by atoms with Crippen molar-refractivity contribution in [3.8, 4) is 0 Å². The first-order valence-corrected chi connectivity index (χ1v) is 7.40. The number of hydrogen-bond donors (Lipinski definition) is 2. The van der Waals surface area contributed by atoms with Gasteiger partial charge in [0.1, 0.15) is 0 Å². The van der Waals surface area contributed by atoms with Crippen molar-refractivity contribution >= 4 is 32.5 Å². The van der Waals surface area contributed by atoms with Crippen molar-refractivity contribution in [3.63, 3.8) is 0 Å². The second-order valence-electron chi connectivity index (χ2n) is 3.15. The largest absolute Gasteiger partial charge is 0.382 e. The summed E-state index contributed by atoms with van der Waals surface area (Å²) < 4.78 is 49.4. The predicted molar refractivity (Wildman–Crippen MR) is 56.8 cm³/mol. The minimum atomic E-state index is -4.49. The quantitative estimate of drug-likeness (QED) is 0.561. The summed E-state index contributed by atoms with van der Waals surface area (Å²) in [6.45, 7) is 1.44. The van der Waals surface area contributed by atoms with Gasteiger partial charge in [-0.25, -0.2) is 0 Å². The second-order valence-corrected chi connectivity index (χ2v) is 5.46. The van der Waals surface area contributed by atoms with E-state index in [0.29, 0.717) is 0 Å². The molecule has 0 spiro atoms. The van der Waals surface area contributed by atoms with Crippen molar-refractivity contribution in [2.75, 3.05) is 0 Å². The molecule has 0 aliphatic carbocycles. The molecule has 0 amide bonds. The minimum absolute atomic E-state index is 0.00801. The molecule has 0 heterocycles. The Labute approximate surface area is 104 Å². The highest BCUT2D eigenvalue weighted by atomic mass is 32.2. The molecule has 0 saturated carbocycles. The summed E-state index contributed by atoms with van der Waals surface area (Å²) in [4.78, 5) is 22.2. The predicted octanol–water partition coefficient (Wildman–Crippen LogP) is -2.10. The second kappa shape index (κ2) is 6.08. The van der Waals surface area contributed by atoms with Gasteiger partial charge in [-0.2, -0.15) is 27.1 Å². The average molecular weight is 304 g/mol. The summed E-state index contributed by atoms with van der Waals surface area (Å²) in [7, 11) is -8.98. The standard InChI is InChI=1S/C6H12N2O8S2/c1-2-4(6(10)16-18(8,13)14)3-5(9)15-17(7,11)12/h4H,2-3H2,1H3,(H2,7,11,12)(H2,8,13,14). The Hall–Kier alpha value is -1.24. The van der Waals surface area contributed by atoms with Gasteiger partial charge >= 0.3 is 32.5 Å². The third-order valence-corrected chi connectivity index (χ3v) is 2.46. The molecular weight excluding hydrogens is 292 g/mol. The van der Waals surface area contributed by atoms with Gasteiger partial charge in [0.15, 0.2) is 0 Å². The Morgan fingerprint density at radius 2 is 1.50 bits per heavy atom. The zero-order chi connectivity index (χ0) is 14.6. The summed E-state index contributed by atoms with van der Waals surface area (Å²) in [5.41, 5.74) is 0. The van der Waals surface area contributed by atoms with E-state index < -0.39 is 44.9 Å². The van der Waals surface area contributed by atoms with E-state index in [9.17, 15) is 26.4 Å². The van der Waals surface area contributed by atoms with E-state index in [1.807, 2.05) is 0 Å². The Morgan fingerprint density at radius 3 is 1.83 bits per heavy atom. The summed E-state index contributed by atoms with van der Waals surface area (Å²) in [6.07, 6.45) is -0.699. The fourth-order valence-corrected chi connectivity index (χ4v) is 1.63. The molecule has 0 aromatic carbocycles. The number of nitrogens with two attached hydrogens (primary N) is 2. The summed E-state index contributed by atoms with van der Waals surface area (Å²) in [5.74, 6) is -3.81. The molecule has 106 valence electrons. The van der Waals surface area contributed by atoms with Crippen LogP contribution in [0.5, 0.6) is 0 Å². The fraction of sp³-hybridized carbons (Fsp3) is 0.667. The first-order valence-electron chi connectivity index (χ1n) is 4.45. The van der Waals surface area contributed by atoms with Gasteiger partial charge in [0.25, 0.3) is 0 Å². The van der Waals surface area contributed by atoms with Gasteiger partial charge in [-0.3, -0.25) is 9.59 Å². The lowest BCUT2D eigenvalue weighted by Gasteiger charge is -2.11. The normalized spacial score (nSPS) is 13.7. The van der Waals surface area contributed by atoms with Crippen molar-refractivity contribution in [1.29, 1.82) is 0 Å². The summed E-state index contributed by atoms with van der Waals surface area (Å²) in [5, 5.41) is 8.89. The molecule has 0 fully saturated rings. The van der Waals surface area contributed by atoms with E-state index in [2.05, 4.69) is 18.6 Å². The lowest BCUT2D eigenvalue weighted by molar-refractivity contribution is -0.144. The highest BCUT2D eigenvalue weighted by Gasteiger charge is 2.27. The molecule has 12 heteroatoms. The highest BCUT2D eigenvalue weighted by molar-refractivity contribution is 7.85. The van der Waals surface area contributed by atoms with Crippen molar-refractivity contribution in [3.05, 3.63) is 0 Å². The van der Waals surface area contributed by atoms with E-state index in [1.54, 1.807) is 0 Å². The van der Waals surface area contributed by atoms with Crippen LogP contribution in [0.25, 0.3) is 0 Å². The molecule has 4 N–H and O–H groups in total. The number of carbonyl (C=O) groups excluding carboxylic acids is 2. The molecule has 0 aliphatic rings. The monoisotopic (exact) mass is 304 g/mol. The van der Waals surface area contributed by atoms with Crippen LogP contribution in [-0.2, 0) is 38.6 Å². The van der Waals surface area contributed by atoms with Crippen molar-refractivity contribution in [2.24, 2.45) is 16.2 Å². The third-order valence-electron chi connectivity index (χ3n) is 1.65. The molecule has 1 unspecified atom stereocenters. The average Bonchev–Trinajstić information content (AvgIpc) is 2.07. The highest BCUT2D eigenvalue weighted by Crippen LogP contribution is 2.13. The molecule has 0 aliphatic heterocycles. The molecule has 0 bridgehead atoms. The lowest BCUT2D eigenvalue weighted by Crippen LogP contribution is -2.29. The maximum atomic E-state index is 11.2. The van der Waals surface area contributed by atoms with Crippen LogP contribution in [0.15, 0.2) is 0 Å². The molecule has 18 heavy (non-hydrogen) atoms. The van der Waals surface area contributed by atoms with Gasteiger partial charge in [0.2, 0.25) is 0 Å². The maximum Gasteiger partial charge on any atom is 0.382 e. The fourth-order valence-electron chi connectivity index (χ4n) is 0.942. The van der Waals surface area contributed by atoms with Crippen LogP contribution >= 0.6 is 0 Å². The summed E-state index contributed by atoms with van der Waals surface area (Å²) in [6, 6.07) is 0. The van der Waals surface area contributed by atoms with Gasteiger partial charge < -0.3 is 8.37 Å². The van der Waals surface area contributed by atoms with E-state index in [-0.39, 0.29) is 6.42 Å². The van der Waals surface area contributed by atoms with Crippen molar-refractivity contribution < 1.29 is 34.8 Å². The van der Waals surface area contributed by atoms with E-state index in [1.165, 1.54) is 6.92 Å². The molecule has 0 radical (unpaired) electrons. The number of carbonyl (C=O) groups is 2. The SMILES string of the molecule is CCC(CC(=O)OS(N)(=O)=O)C(=O)OS(N)(=O)=O. The molecule has 10 nitrogen and oxygen atoms in total. The minimum Gasteiger partial charge on any atom is -0.334 e. The van der Waals surface area contributed by atoms with E-state index >= 15 is 0 Å². The first kappa shape index (κ1) is 16.8. The van der Waals surface area contributed by atoms with E-state index in [0.717, 1.165) is 0 Å². The van der Waals surface area contributed by atoms with Gasteiger partial charge in [0.05, 0.1) is 12.3 Å². The van der Waals surface area contributed by atoms with Crippen LogP contribution in [0.4, 0.5) is 0 Å². The maximum absolute atomic E-state index is 11.2. The van der Waals surface area contributed by atoms with Gasteiger partial charge in [-0.1, -0.05) is 6.92 Å². The summed E-state index contributed by atoms with van der Waals surface area (Å²) >= 11 is 0. The van der Waals surface area contributed by atoms with E-state index in [4.69, 9.17) is 0 Å². The molecular formula is C6H12N2O8S2. The molecule has 1 atom stereocenters. The smallest absolute Gasteiger partial charge is 0.334 e. The molecule has 0 saturated heterocycles.